The molecule has 1 amide bonds. The van der Waals surface area contributed by atoms with Crippen LogP contribution in [0.15, 0.2) is 12.1 Å². The van der Waals surface area contributed by atoms with Gasteiger partial charge < -0.3 is 30.0 Å². The molecule has 1 aromatic rings. The Balaban J connectivity index is 1.95. The lowest BCUT2D eigenvalue weighted by Gasteiger charge is -2.38. The third kappa shape index (κ3) is 6.96. The number of ether oxygens (including phenoxy) is 4. The number of methoxy groups -OCH3 is 3. The van der Waals surface area contributed by atoms with E-state index in [0.29, 0.717) is 49.7 Å². The third-order valence-corrected chi connectivity index (χ3v) is 5.62. The van der Waals surface area contributed by atoms with Gasteiger partial charge in [0, 0.05) is 39.9 Å². The molecule has 0 aliphatic carbocycles. The smallest absolute Gasteiger partial charge is 0.310 e. The normalized spacial score (nSPS) is 20.2. The molecule has 2 rings (SSSR count). The number of nitrogens with zero attached hydrogens (tertiary/aromatic N) is 1. The second kappa shape index (κ2) is 12.1. The highest BCUT2D eigenvalue weighted by Gasteiger charge is 2.32. The molecular weight excluding hydrogens is 426 g/mol. The summed E-state index contributed by atoms with van der Waals surface area (Å²) in [6, 6.07) is 2.83. The van der Waals surface area contributed by atoms with Crippen LogP contribution < -0.4 is 15.8 Å². The van der Waals surface area contributed by atoms with E-state index < -0.39 is 0 Å². The van der Waals surface area contributed by atoms with Crippen LogP contribution >= 0.6 is 11.6 Å². The van der Waals surface area contributed by atoms with E-state index in [1.165, 1.54) is 19.2 Å². The molecule has 1 heterocycles. The van der Waals surface area contributed by atoms with Crippen molar-refractivity contribution in [1.29, 1.82) is 0 Å². The summed E-state index contributed by atoms with van der Waals surface area (Å²) in [5, 5.41) is 3.30. The molecule has 0 aromatic heterocycles. The standard InChI is InChI=1S/C21H32ClN3O6/c1-13(21(27)31-8-7-28-2)11-25-6-5-17(19(12-25)30-4)24-20(26)14-9-15(22)16(23)10-18(14)29-3/h9-10,13,17,19H,5-8,11-12,23H2,1-4H3,(H,24,26). The number of amides is 1. The number of carbonyl (C=O) groups is 2. The minimum Gasteiger partial charge on any atom is -0.496 e. The molecule has 0 radical (unpaired) electrons. The predicted octanol–water partition coefficient (Wildman–Crippen LogP) is 1.58. The lowest BCUT2D eigenvalue weighted by molar-refractivity contribution is -0.150. The van der Waals surface area contributed by atoms with Crippen LogP contribution in [0.4, 0.5) is 5.69 Å². The molecule has 1 aliphatic heterocycles. The van der Waals surface area contributed by atoms with Crippen molar-refractivity contribution < 1.29 is 28.5 Å². The SMILES string of the molecule is COCCOC(=O)C(C)CN1CCC(NC(=O)c2cc(Cl)c(N)cc2OC)C(OC)C1. The van der Waals surface area contributed by atoms with Crippen molar-refractivity contribution in [3.8, 4) is 5.75 Å². The van der Waals surface area contributed by atoms with Gasteiger partial charge in [-0.05, 0) is 12.5 Å². The highest BCUT2D eigenvalue weighted by molar-refractivity contribution is 6.33. The molecule has 9 nitrogen and oxygen atoms in total. The number of nitrogens with one attached hydrogen (secondary N) is 1. The number of nitrogen functional groups attached to an aromatic ring is 1. The number of likely N-dealkylation sites (tertiary alicyclic amines) is 1. The summed E-state index contributed by atoms with van der Waals surface area (Å²) >= 11 is 6.08. The Bertz CT molecular complexity index is 763. The average Bonchev–Trinajstić information content (AvgIpc) is 2.76. The highest BCUT2D eigenvalue weighted by atomic mass is 35.5. The van der Waals surface area contributed by atoms with Crippen molar-refractivity contribution in [2.24, 2.45) is 5.92 Å². The number of anilines is 1. The Morgan fingerprint density at radius 1 is 1.29 bits per heavy atom. The van der Waals surface area contributed by atoms with Crippen LogP contribution in [-0.4, -0.2) is 83.1 Å². The molecule has 31 heavy (non-hydrogen) atoms. The molecule has 3 unspecified atom stereocenters. The Kier molecular flexibility index (Phi) is 9.83. The summed E-state index contributed by atoms with van der Waals surface area (Å²) in [4.78, 5) is 27.1. The third-order valence-electron chi connectivity index (χ3n) is 5.29. The van der Waals surface area contributed by atoms with Crippen molar-refractivity contribution in [2.45, 2.75) is 25.5 Å². The Hall–Kier alpha value is -2.07. The first-order valence-corrected chi connectivity index (χ1v) is 10.5. The summed E-state index contributed by atoms with van der Waals surface area (Å²) in [6.45, 7) is 4.29. The van der Waals surface area contributed by atoms with Gasteiger partial charge >= 0.3 is 5.97 Å². The molecular formula is C21H32ClN3O6. The largest absolute Gasteiger partial charge is 0.496 e. The number of hydrogen-bond donors (Lipinski definition) is 2. The number of hydrogen-bond acceptors (Lipinski definition) is 8. The zero-order valence-electron chi connectivity index (χ0n) is 18.5. The molecule has 10 heteroatoms. The molecule has 3 N–H and O–H groups in total. The lowest BCUT2D eigenvalue weighted by Crippen LogP contribution is -2.55. The molecule has 0 bridgehead atoms. The minimum atomic E-state index is -0.311. The van der Waals surface area contributed by atoms with Gasteiger partial charge in [0.1, 0.15) is 12.4 Å². The maximum atomic E-state index is 12.9. The summed E-state index contributed by atoms with van der Waals surface area (Å²) in [7, 11) is 4.64. The van der Waals surface area contributed by atoms with Crippen molar-refractivity contribution >= 4 is 29.2 Å². The molecule has 1 aliphatic rings. The van der Waals surface area contributed by atoms with E-state index >= 15 is 0 Å². The van der Waals surface area contributed by atoms with E-state index in [2.05, 4.69) is 10.2 Å². The van der Waals surface area contributed by atoms with Gasteiger partial charge in [-0.3, -0.25) is 14.5 Å². The van der Waals surface area contributed by atoms with E-state index in [-0.39, 0.29) is 41.6 Å². The number of nitrogens with two attached hydrogens (primary N) is 1. The fraction of sp³-hybridized carbons (Fsp3) is 0.619. The molecule has 0 spiro atoms. The van der Waals surface area contributed by atoms with E-state index in [9.17, 15) is 9.59 Å². The number of carbonyl (C=O) groups excluding carboxylic acids is 2. The van der Waals surface area contributed by atoms with E-state index in [4.69, 9.17) is 36.3 Å². The fourth-order valence-electron chi connectivity index (χ4n) is 3.54. The number of piperidine rings is 1. The predicted molar refractivity (Wildman–Crippen MR) is 118 cm³/mol. The first-order valence-electron chi connectivity index (χ1n) is 10.1. The van der Waals surface area contributed by atoms with Crippen LogP contribution in [0.2, 0.25) is 5.02 Å². The van der Waals surface area contributed by atoms with Crippen molar-refractivity contribution in [3.63, 3.8) is 0 Å². The number of benzene rings is 1. The maximum Gasteiger partial charge on any atom is 0.310 e. The van der Waals surface area contributed by atoms with Gasteiger partial charge in [-0.2, -0.15) is 0 Å². The zero-order valence-corrected chi connectivity index (χ0v) is 19.2. The van der Waals surface area contributed by atoms with Gasteiger partial charge in [-0.15, -0.1) is 0 Å². The van der Waals surface area contributed by atoms with Crippen molar-refractivity contribution in [1.82, 2.24) is 10.2 Å². The second-order valence-corrected chi connectivity index (χ2v) is 7.94. The molecule has 1 saturated heterocycles. The first-order chi connectivity index (χ1) is 14.8. The van der Waals surface area contributed by atoms with Crippen LogP contribution in [-0.2, 0) is 19.0 Å². The van der Waals surface area contributed by atoms with E-state index in [1.807, 2.05) is 6.92 Å². The van der Waals surface area contributed by atoms with Gasteiger partial charge in [0.2, 0.25) is 0 Å². The molecule has 174 valence electrons. The van der Waals surface area contributed by atoms with Crippen LogP contribution in [0.5, 0.6) is 5.75 Å². The lowest BCUT2D eigenvalue weighted by atomic mass is 9.99. The second-order valence-electron chi connectivity index (χ2n) is 7.54. The summed E-state index contributed by atoms with van der Waals surface area (Å²) in [5.74, 6) is -0.489. The van der Waals surface area contributed by atoms with E-state index in [1.54, 1.807) is 14.2 Å². The number of rotatable bonds is 10. The minimum absolute atomic E-state index is 0.196. The van der Waals surface area contributed by atoms with Crippen molar-refractivity contribution in [3.05, 3.63) is 22.7 Å². The quantitative estimate of drug-likeness (QED) is 0.309. The average molecular weight is 458 g/mol. The molecule has 1 aromatic carbocycles. The van der Waals surface area contributed by atoms with Gasteiger partial charge in [0.15, 0.2) is 0 Å². The van der Waals surface area contributed by atoms with Gasteiger partial charge in [-0.25, -0.2) is 0 Å². The molecule has 3 atom stereocenters. The van der Waals surface area contributed by atoms with Gasteiger partial charge in [0.05, 0.1) is 48.1 Å². The van der Waals surface area contributed by atoms with E-state index in [0.717, 1.165) is 0 Å². The Morgan fingerprint density at radius 2 is 2.03 bits per heavy atom. The topological polar surface area (TPSA) is 112 Å². The molecule has 0 saturated carbocycles. The Labute approximate surface area is 188 Å². The van der Waals surface area contributed by atoms with Crippen LogP contribution in [0, 0.1) is 5.92 Å². The van der Waals surface area contributed by atoms with Crippen LogP contribution in [0.1, 0.15) is 23.7 Å². The number of halogens is 1. The number of esters is 1. The summed E-state index contributed by atoms with van der Waals surface area (Å²) in [5.41, 5.74) is 6.45. The maximum absolute atomic E-state index is 12.9. The van der Waals surface area contributed by atoms with Gasteiger partial charge in [-0.1, -0.05) is 18.5 Å². The van der Waals surface area contributed by atoms with Gasteiger partial charge in [0.25, 0.3) is 5.91 Å². The van der Waals surface area contributed by atoms with Crippen LogP contribution in [0.3, 0.4) is 0 Å². The highest BCUT2D eigenvalue weighted by Crippen LogP contribution is 2.29. The zero-order chi connectivity index (χ0) is 23.0. The first kappa shape index (κ1) is 25.2. The summed E-state index contributed by atoms with van der Waals surface area (Å²) in [6.07, 6.45) is 0.436. The summed E-state index contributed by atoms with van der Waals surface area (Å²) < 4.78 is 21.0. The fourth-order valence-corrected chi connectivity index (χ4v) is 3.71. The monoisotopic (exact) mass is 457 g/mol. The Morgan fingerprint density at radius 3 is 2.68 bits per heavy atom. The van der Waals surface area contributed by atoms with Crippen molar-refractivity contribution in [2.75, 3.05) is 59.9 Å². The van der Waals surface area contributed by atoms with Crippen LogP contribution in [0.25, 0.3) is 0 Å². The molecule has 1 fully saturated rings.